The molecule has 0 aliphatic carbocycles. The molecule has 0 heteroatoms. The highest BCUT2D eigenvalue weighted by atomic mass is 14.1. The van der Waals surface area contributed by atoms with Gasteiger partial charge in [0.05, 0.1) is 0 Å². The summed E-state index contributed by atoms with van der Waals surface area (Å²) >= 11 is 0. The Hall–Kier alpha value is -0.780. The standard InChI is InChI=1S/C13H19/c1-9(2)12-7-6-11(5)8-13(12)10(3)4/h6-9H,1-5H3. The lowest BCUT2D eigenvalue weighted by molar-refractivity contribution is 0.848. The molecule has 0 bridgehead atoms. The Morgan fingerprint density at radius 3 is 2.23 bits per heavy atom. The third-order valence-corrected chi connectivity index (χ3v) is 2.37. The molecular weight excluding hydrogens is 156 g/mol. The van der Waals surface area contributed by atoms with Gasteiger partial charge in [-0.05, 0) is 29.9 Å². The van der Waals surface area contributed by atoms with Crippen molar-refractivity contribution in [3.8, 4) is 0 Å². The second-order valence-corrected chi connectivity index (χ2v) is 4.25. The average molecular weight is 175 g/mol. The van der Waals surface area contributed by atoms with E-state index in [0.29, 0.717) is 5.92 Å². The van der Waals surface area contributed by atoms with Crippen LogP contribution < -0.4 is 0 Å². The lowest BCUT2D eigenvalue weighted by Crippen LogP contribution is -1.99. The summed E-state index contributed by atoms with van der Waals surface area (Å²) in [7, 11) is 0. The van der Waals surface area contributed by atoms with Crippen LogP contribution in [0.1, 0.15) is 50.3 Å². The molecule has 0 saturated carbocycles. The molecule has 0 aliphatic rings. The monoisotopic (exact) mass is 175 g/mol. The van der Waals surface area contributed by atoms with Crippen LogP contribution in [0, 0.1) is 12.8 Å². The Labute approximate surface area is 82.0 Å². The van der Waals surface area contributed by atoms with Crippen molar-refractivity contribution in [2.24, 2.45) is 0 Å². The van der Waals surface area contributed by atoms with E-state index in [9.17, 15) is 0 Å². The molecule has 0 fully saturated rings. The van der Waals surface area contributed by atoms with Crippen molar-refractivity contribution in [3.05, 3.63) is 40.8 Å². The van der Waals surface area contributed by atoms with Crippen LogP contribution in [0.2, 0.25) is 0 Å². The Morgan fingerprint density at radius 1 is 1.15 bits per heavy atom. The SMILES string of the molecule is C[C](C)c1cc(C)ccc1C(C)C. The fraction of sp³-hybridized carbons (Fsp3) is 0.462. The molecule has 0 nitrogen and oxygen atoms in total. The normalized spacial score (nSPS) is 11.3. The molecule has 0 aliphatic heterocycles. The van der Waals surface area contributed by atoms with Gasteiger partial charge >= 0.3 is 0 Å². The molecule has 1 aromatic carbocycles. The summed E-state index contributed by atoms with van der Waals surface area (Å²) in [5.74, 6) is 2.03. The zero-order valence-corrected chi connectivity index (χ0v) is 9.31. The van der Waals surface area contributed by atoms with E-state index >= 15 is 0 Å². The predicted molar refractivity (Wildman–Crippen MR) is 59.0 cm³/mol. The fourth-order valence-electron chi connectivity index (χ4n) is 1.61. The van der Waals surface area contributed by atoms with E-state index in [1.165, 1.54) is 22.6 Å². The quantitative estimate of drug-likeness (QED) is 0.635. The van der Waals surface area contributed by atoms with E-state index < -0.39 is 0 Å². The van der Waals surface area contributed by atoms with Crippen LogP contribution >= 0.6 is 0 Å². The first-order chi connectivity index (χ1) is 6.02. The number of hydrogen-bond acceptors (Lipinski definition) is 0. The van der Waals surface area contributed by atoms with Crippen molar-refractivity contribution in [1.29, 1.82) is 0 Å². The smallest absolute Gasteiger partial charge is 0.000902 e. The Balaban J connectivity index is 3.19. The topological polar surface area (TPSA) is 0 Å². The van der Waals surface area contributed by atoms with Crippen molar-refractivity contribution < 1.29 is 0 Å². The van der Waals surface area contributed by atoms with Crippen molar-refractivity contribution >= 4 is 0 Å². The summed E-state index contributed by atoms with van der Waals surface area (Å²) in [6.45, 7) is 11.0. The minimum Gasteiger partial charge on any atom is -0.0590 e. The summed E-state index contributed by atoms with van der Waals surface area (Å²) < 4.78 is 0. The van der Waals surface area contributed by atoms with Gasteiger partial charge in [0.2, 0.25) is 0 Å². The van der Waals surface area contributed by atoms with E-state index in [2.05, 4.69) is 52.8 Å². The second-order valence-electron chi connectivity index (χ2n) is 4.25. The fourth-order valence-corrected chi connectivity index (χ4v) is 1.61. The molecule has 0 atom stereocenters. The predicted octanol–water partition coefficient (Wildman–Crippen LogP) is 4.08. The van der Waals surface area contributed by atoms with Gasteiger partial charge in [0.1, 0.15) is 0 Å². The number of benzene rings is 1. The molecule has 0 unspecified atom stereocenters. The number of rotatable bonds is 2. The minimum atomic E-state index is 0.616. The first-order valence-corrected chi connectivity index (χ1v) is 4.93. The van der Waals surface area contributed by atoms with E-state index in [0.717, 1.165) is 0 Å². The molecule has 0 aromatic heterocycles. The second kappa shape index (κ2) is 3.95. The van der Waals surface area contributed by atoms with Gasteiger partial charge in [-0.2, -0.15) is 0 Å². The molecule has 0 spiro atoms. The number of hydrogen-bond donors (Lipinski definition) is 0. The third kappa shape index (κ3) is 2.33. The van der Waals surface area contributed by atoms with Gasteiger partial charge in [-0.3, -0.25) is 0 Å². The van der Waals surface area contributed by atoms with Crippen LogP contribution in [0.15, 0.2) is 18.2 Å². The molecule has 1 aromatic rings. The highest BCUT2D eigenvalue weighted by Crippen LogP contribution is 2.26. The van der Waals surface area contributed by atoms with Crippen molar-refractivity contribution in [2.75, 3.05) is 0 Å². The number of aryl methyl sites for hydroxylation is 1. The average Bonchev–Trinajstić information content (AvgIpc) is 2.03. The zero-order chi connectivity index (χ0) is 10.0. The van der Waals surface area contributed by atoms with E-state index in [-0.39, 0.29) is 0 Å². The molecule has 71 valence electrons. The Morgan fingerprint density at radius 2 is 1.77 bits per heavy atom. The van der Waals surface area contributed by atoms with Gasteiger partial charge < -0.3 is 0 Å². The van der Waals surface area contributed by atoms with Gasteiger partial charge in [0.25, 0.3) is 0 Å². The maximum absolute atomic E-state index is 2.28. The van der Waals surface area contributed by atoms with Crippen LogP contribution in [0.25, 0.3) is 0 Å². The zero-order valence-electron chi connectivity index (χ0n) is 9.31. The summed E-state index contributed by atoms with van der Waals surface area (Å²) in [6.07, 6.45) is 0. The summed E-state index contributed by atoms with van der Waals surface area (Å²) in [5.41, 5.74) is 4.24. The van der Waals surface area contributed by atoms with Gasteiger partial charge in [-0.1, -0.05) is 51.5 Å². The van der Waals surface area contributed by atoms with Gasteiger partial charge in [0, 0.05) is 0 Å². The highest BCUT2D eigenvalue weighted by Gasteiger charge is 2.09. The summed E-state index contributed by atoms with van der Waals surface area (Å²) in [5, 5.41) is 0. The minimum absolute atomic E-state index is 0.616. The van der Waals surface area contributed by atoms with Gasteiger partial charge in [-0.25, -0.2) is 0 Å². The van der Waals surface area contributed by atoms with Gasteiger partial charge in [-0.15, -0.1) is 0 Å². The summed E-state index contributed by atoms with van der Waals surface area (Å²) in [6, 6.07) is 6.73. The molecule has 1 radical (unpaired) electrons. The molecule has 1 rings (SSSR count). The molecule has 0 heterocycles. The van der Waals surface area contributed by atoms with Crippen LogP contribution in [-0.2, 0) is 0 Å². The molecular formula is C13H19. The van der Waals surface area contributed by atoms with E-state index in [1.807, 2.05) is 0 Å². The van der Waals surface area contributed by atoms with Crippen LogP contribution in [0.3, 0.4) is 0 Å². The lowest BCUT2D eigenvalue weighted by Gasteiger charge is -2.15. The third-order valence-electron chi connectivity index (χ3n) is 2.37. The van der Waals surface area contributed by atoms with E-state index in [4.69, 9.17) is 0 Å². The summed E-state index contributed by atoms with van der Waals surface area (Å²) in [4.78, 5) is 0. The largest absolute Gasteiger partial charge is 0.0590 e. The molecule has 13 heavy (non-hydrogen) atoms. The maximum atomic E-state index is 2.28. The van der Waals surface area contributed by atoms with Crippen molar-refractivity contribution in [2.45, 2.75) is 40.5 Å². The van der Waals surface area contributed by atoms with E-state index in [1.54, 1.807) is 0 Å². The Kier molecular flexibility index (Phi) is 3.13. The van der Waals surface area contributed by atoms with Crippen molar-refractivity contribution in [3.63, 3.8) is 0 Å². The highest BCUT2D eigenvalue weighted by molar-refractivity contribution is 5.41. The first kappa shape index (κ1) is 10.3. The Bertz CT molecular complexity index is 282. The molecule has 0 amide bonds. The first-order valence-electron chi connectivity index (χ1n) is 4.93. The molecule has 0 saturated heterocycles. The van der Waals surface area contributed by atoms with Crippen LogP contribution in [0.4, 0.5) is 0 Å². The van der Waals surface area contributed by atoms with Crippen LogP contribution in [-0.4, -0.2) is 0 Å². The molecule has 0 N–H and O–H groups in total. The lowest BCUT2D eigenvalue weighted by atomic mass is 9.89. The maximum Gasteiger partial charge on any atom is -0.000902 e. The van der Waals surface area contributed by atoms with Crippen LogP contribution in [0.5, 0.6) is 0 Å². The van der Waals surface area contributed by atoms with Gasteiger partial charge in [0.15, 0.2) is 0 Å². The van der Waals surface area contributed by atoms with Crippen molar-refractivity contribution in [1.82, 2.24) is 0 Å².